The second kappa shape index (κ2) is 5.73. The lowest BCUT2D eigenvalue weighted by Crippen LogP contribution is -2.10. The van der Waals surface area contributed by atoms with E-state index >= 15 is 0 Å². The van der Waals surface area contributed by atoms with Crippen LogP contribution in [-0.4, -0.2) is 14.7 Å². The Morgan fingerprint density at radius 2 is 2.00 bits per heavy atom. The van der Waals surface area contributed by atoms with Gasteiger partial charge in [0.1, 0.15) is 5.69 Å². The molecule has 1 aromatic carbocycles. The lowest BCUT2D eigenvalue weighted by Gasteiger charge is -2.12. The second-order valence-electron chi connectivity index (χ2n) is 4.92. The zero-order valence-corrected chi connectivity index (χ0v) is 11.8. The van der Waals surface area contributed by atoms with Gasteiger partial charge in [0.05, 0.1) is 4.92 Å². The van der Waals surface area contributed by atoms with Gasteiger partial charge in [0.2, 0.25) is 5.82 Å². The summed E-state index contributed by atoms with van der Waals surface area (Å²) >= 11 is 0. The highest BCUT2D eigenvalue weighted by molar-refractivity contribution is 5.59. The van der Waals surface area contributed by atoms with Crippen LogP contribution in [0.15, 0.2) is 30.3 Å². The zero-order valence-electron chi connectivity index (χ0n) is 11.8. The highest BCUT2D eigenvalue weighted by atomic mass is 16.6. The van der Waals surface area contributed by atoms with Gasteiger partial charge in [-0.1, -0.05) is 30.3 Å². The van der Waals surface area contributed by atoms with Crippen LogP contribution in [0.3, 0.4) is 0 Å². The van der Waals surface area contributed by atoms with E-state index in [1.165, 1.54) is 0 Å². The van der Waals surface area contributed by atoms with Crippen LogP contribution in [0.4, 0.5) is 11.5 Å². The first-order chi connectivity index (χ1) is 9.50. The van der Waals surface area contributed by atoms with Crippen molar-refractivity contribution in [3.63, 3.8) is 0 Å². The maximum Gasteiger partial charge on any atom is 0.333 e. The molecular formula is C14H18N4O2. The number of nitrogens with one attached hydrogen (secondary N) is 1. The molecule has 0 amide bonds. The maximum absolute atomic E-state index is 11.2. The van der Waals surface area contributed by atoms with Crippen molar-refractivity contribution in [2.24, 2.45) is 0 Å². The number of hydrogen-bond donors (Lipinski definition) is 1. The van der Waals surface area contributed by atoms with Gasteiger partial charge in [-0.05, 0) is 26.3 Å². The third kappa shape index (κ3) is 2.79. The third-order valence-corrected chi connectivity index (χ3v) is 3.03. The monoisotopic (exact) mass is 274 g/mol. The second-order valence-corrected chi connectivity index (χ2v) is 4.92. The molecule has 6 heteroatoms. The summed E-state index contributed by atoms with van der Waals surface area (Å²) in [7, 11) is 0. The average molecular weight is 274 g/mol. The van der Waals surface area contributed by atoms with E-state index in [1.54, 1.807) is 11.6 Å². The normalized spacial score (nSPS) is 10.8. The number of aryl methyl sites for hydroxylation is 1. The summed E-state index contributed by atoms with van der Waals surface area (Å²) in [5.74, 6) is 0.464. The van der Waals surface area contributed by atoms with Crippen molar-refractivity contribution in [3.05, 3.63) is 51.7 Å². The molecule has 0 bridgehead atoms. The first-order valence-corrected chi connectivity index (χ1v) is 6.52. The van der Waals surface area contributed by atoms with Gasteiger partial charge in [-0.2, -0.15) is 5.10 Å². The Morgan fingerprint density at radius 3 is 2.55 bits per heavy atom. The number of aromatic nitrogens is 2. The van der Waals surface area contributed by atoms with Gasteiger partial charge in [-0.15, -0.1) is 0 Å². The van der Waals surface area contributed by atoms with E-state index in [1.807, 2.05) is 44.2 Å². The number of rotatable bonds is 5. The first kappa shape index (κ1) is 14.0. The molecule has 0 fully saturated rings. The molecule has 0 saturated heterocycles. The van der Waals surface area contributed by atoms with Crippen molar-refractivity contribution in [3.8, 4) is 0 Å². The predicted octanol–water partition coefficient (Wildman–Crippen LogP) is 3.29. The molecule has 2 aromatic rings. The summed E-state index contributed by atoms with van der Waals surface area (Å²) in [6, 6.07) is 9.82. The highest BCUT2D eigenvalue weighted by Gasteiger charge is 2.26. The Morgan fingerprint density at radius 1 is 1.35 bits per heavy atom. The molecule has 0 spiro atoms. The molecule has 1 N–H and O–H groups in total. The average Bonchev–Trinajstić information content (AvgIpc) is 2.74. The number of benzene rings is 1. The molecule has 1 heterocycles. The summed E-state index contributed by atoms with van der Waals surface area (Å²) in [6.45, 7) is 6.08. The Kier molecular flexibility index (Phi) is 4.02. The molecule has 6 nitrogen and oxygen atoms in total. The fraction of sp³-hybridized carbons (Fsp3) is 0.357. The van der Waals surface area contributed by atoms with Crippen LogP contribution >= 0.6 is 0 Å². The molecule has 20 heavy (non-hydrogen) atoms. The lowest BCUT2D eigenvalue weighted by atomic mass is 10.2. The SMILES string of the molecule is Cc1nn(C(C)C)c(NCc2ccccc2)c1[N+](=O)[O-]. The molecule has 0 radical (unpaired) electrons. The maximum atomic E-state index is 11.2. The Labute approximate surface area is 117 Å². The third-order valence-electron chi connectivity index (χ3n) is 3.03. The number of nitrogens with zero attached hydrogens (tertiary/aromatic N) is 3. The Bertz CT molecular complexity index is 605. The van der Waals surface area contributed by atoms with Crippen LogP contribution in [0.25, 0.3) is 0 Å². The fourth-order valence-electron chi connectivity index (χ4n) is 2.08. The van der Waals surface area contributed by atoms with Crippen LogP contribution in [0, 0.1) is 17.0 Å². The van der Waals surface area contributed by atoms with Crippen LogP contribution in [0.5, 0.6) is 0 Å². The standard InChI is InChI=1S/C14H18N4O2/c1-10(2)17-14(13(18(19)20)11(3)16-17)15-9-12-7-5-4-6-8-12/h4-8,10,15H,9H2,1-3H3. The van der Waals surface area contributed by atoms with E-state index in [9.17, 15) is 10.1 Å². The molecule has 106 valence electrons. The van der Waals surface area contributed by atoms with Crippen molar-refractivity contribution in [2.45, 2.75) is 33.4 Å². The van der Waals surface area contributed by atoms with Crippen LogP contribution in [-0.2, 0) is 6.54 Å². The molecule has 0 unspecified atom stereocenters. The van der Waals surface area contributed by atoms with Gasteiger partial charge in [0, 0.05) is 12.6 Å². The molecule has 2 rings (SSSR count). The van der Waals surface area contributed by atoms with E-state index in [4.69, 9.17) is 0 Å². The number of anilines is 1. The van der Waals surface area contributed by atoms with Crippen LogP contribution < -0.4 is 5.32 Å². The minimum atomic E-state index is -0.380. The van der Waals surface area contributed by atoms with Crippen molar-refractivity contribution < 1.29 is 4.92 Å². The largest absolute Gasteiger partial charge is 0.360 e. The lowest BCUT2D eigenvalue weighted by molar-refractivity contribution is -0.384. The van der Waals surface area contributed by atoms with Gasteiger partial charge in [-0.25, -0.2) is 4.68 Å². The van der Waals surface area contributed by atoms with Gasteiger partial charge in [-0.3, -0.25) is 10.1 Å². The summed E-state index contributed by atoms with van der Waals surface area (Å²) in [5.41, 5.74) is 1.55. The highest BCUT2D eigenvalue weighted by Crippen LogP contribution is 2.30. The van der Waals surface area contributed by atoms with E-state index in [2.05, 4.69) is 10.4 Å². The van der Waals surface area contributed by atoms with Gasteiger partial charge >= 0.3 is 5.69 Å². The van der Waals surface area contributed by atoms with E-state index < -0.39 is 0 Å². The topological polar surface area (TPSA) is 73.0 Å². The molecule has 0 aliphatic rings. The molecule has 0 aliphatic heterocycles. The minimum absolute atomic E-state index is 0.0506. The molecule has 1 aromatic heterocycles. The van der Waals surface area contributed by atoms with Crippen molar-refractivity contribution in [1.29, 1.82) is 0 Å². The first-order valence-electron chi connectivity index (χ1n) is 6.52. The summed E-state index contributed by atoms with van der Waals surface area (Å²) in [4.78, 5) is 10.8. The zero-order chi connectivity index (χ0) is 14.7. The summed E-state index contributed by atoms with van der Waals surface area (Å²) in [6.07, 6.45) is 0. The molecule has 0 saturated carbocycles. The molecule has 0 aliphatic carbocycles. The van der Waals surface area contributed by atoms with Gasteiger partial charge < -0.3 is 5.32 Å². The number of nitro groups is 1. The quantitative estimate of drug-likeness (QED) is 0.670. The molecule has 0 atom stereocenters. The summed E-state index contributed by atoms with van der Waals surface area (Å²) in [5, 5.41) is 18.6. The van der Waals surface area contributed by atoms with Gasteiger partial charge in [0.25, 0.3) is 0 Å². The number of hydrogen-bond acceptors (Lipinski definition) is 4. The molecular weight excluding hydrogens is 256 g/mol. The van der Waals surface area contributed by atoms with Crippen LogP contribution in [0.2, 0.25) is 0 Å². The Hall–Kier alpha value is -2.37. The van der Waals surface area contributed by atoms with Crippen LogP contribution in [0.1, 0.15) is 31.1 Å². The van der Waals surface area contributed by atoms with Gasteiger partial charge in [0.15, 0.2) is 0 Å². The Balaban J connectivity index is 2.31. The van der Waals surface area contributed by atoms with Crippen molar-refractivity contribution in [1.82, 2.24) is 9.78 Å². The minimum Gasteiger partial charge on any atom is -0.360 e. The summed E-state index contributed by atoms with van der Waals surface area (Å²) < 4.78 is 1.66. The van der Waals surface area contributed by atoms with Crippen molar-refractivity contribution in [2.75, 3.05) is 5.32 Å². The van der Waals surface area contributed by atoms with E-state index in [0.29, 0.717) is 18.1 Å². The fourth-order valence-corrected chi connectivity index (χ4v) is 2.08. The van der Waals surface area contributed by atoms with E-state index in [-0.39, 0.29) is 16.7 Å². The van der Waals surface area contributed by atoms with E-state index in [0.717, 1.165) is 5.56 Å². The van der Waals surface area contributed by atoms with Crippen molar-refractivity contribution >= 4 is 11.5 Å². The predicted molar refractivity (Wildman–Crippen MR) is 77.8 cm³/mol. The smallest absolute Gasteiger partial charge is 0.333 e.